The fourth-order valence-electron chi connectivity index (χ4n) is 3.35. The lowest BCUT2D eigenvalue weighted by atomic mass is 9.85. The van der Waals surface area contributed by atoms with Gasteiger partial charge in [-0.15, -0.1) is 0 Å². The largest absolute Gasteiger partial charge is 0.329 e. The fourth-order valence-corrected chi connectivity index (χ4v) is 3.35. The average Bonchev–Trinajstić information content (AvgIpc) is 2.41. The van der Waals surface area contributed by atoms with Crippen LogP contribution in [-0.4, -0.2) is 36.5 Å². The molecule has 1 aliphatic rings. The van der Waals surface area contributed by atoms with Gasteiger partial charge in [0.2, 0.25) is 5.91 Å². The van der Waals surface area contributed by atoms with E-state index in [9.17, 15) is 4.79 Å². The number of hydrogen-bond acceptors (Lipinski definition) is 3. The van der Waals surface area contributed by atoms with Crippen molar-refractivity contribution in [2.24, 2.45) is 17.6 Å². The highest BCUT2D eigenvalue weighted by Gasteiger charge is 2.31. The lowest BCUT2D eigenvalue weighted by molar-refractivity contribution is -0.118. The van der Waals surface area contributed by atoms with E-state index in [-0.39, 0.29) is 5.91 Å². The Hall–Kier alpha value is -1.39. The van der Waals surface area contributed by atoms with Crippen LogP contribution in [0.3, 0.4) is 0 Å². The highest BCUT2D eigenvalue weighted by atomic mass is 16.2. The van der Waals surface area contributed by atoms with Gasteiger partial charge in [0.25, 0.3) is 0 Å². The number of nitrogens with two attached hydrogens (primary N) is 1. The summed E-state index contributed by atoms with van der Waals surface area (Å²) in [5, 5.41) is 2.97. The van der Waals surface area contributed by atoms with E-state index in [2.05, 4.69) is 24.1 Å². The van der Waals surface area contributed by atoms with Crippen molar-refractivity contribution < 1.29 is 4.79 Å². The van der Waals surface area contributed by atoms with Crippen LogP contribution in [-0.2, 0) is 4.79 Å². The van der Waals surface area contributed by atoms with Gasteiger partial charge in [-0.1, -0.05) is 31.5 Å². The summed E-state index contributed by atoms with van der Waals surface area (Å²) in [4.78, 5) is 14.5. The van der Waals surface area contributed by atoms with Gasteiger partial charge in [-0.05, 0) is 37.3 Å². The van der Waals surface area contributed by atoms with E-state index in [0.29, 0.717) is 31.0 Å². The maximum Gasteiger partial charge on any atom is 0.238 e. The molecule has 2 rings (SSSR count). The Morgan fingerprint density at radius 2 is 2.00 bits per heavy atom. The second kappa shape index (κ2) is 7.05. The number of aryl methyl sites for hydroxylation is 1. The quantitative estimate of drug-likeness (QED) is 0.893. The van der Waals surface area contributed by atoms with Crippen molar-refractivity contribution in [1.29, 1.82) is 0 Å². The standard InChI is InChI=1S/C17H27N3O/c1-12-4-6-15(7-5-12)19-17(21)11-20-10-13(2)8-14(3)16(20)9-18/h4-7,13-14,16H,8-11,18H2,1-3H3,(H,19,21). The molecule has 1 heterocycles. The zero-order chi connectivity index (χ0) is 15.4. The Morgan fingerprint density at radius 3 is 2.62 bits per heavy atom. The van der Waals surface area contributed by atoms with E-state index in [1.807, 2.05) is 31.2 Å². The number of hydrogen-bond donors (Lipinski definition) is 2. The minimum atomic E-state index is 0.0404. The number of carbonyl (C=O) groups is 1. The van der Waals surface area contributed by atoms with E-state index < -0.39 is 0 Å². The number of piperidine rings is 1. The van der Waals surface area contributed by atoms with Gasteiger partial charge >= 0.3 is 0 Å². The first-order chi connectivity index (χ1) is 9.99. The van der Waals surface area contributed by atoms with Gasteiger partial charge in [0, 0.05) is 24.8 Å². The van der Waals surface area contributed by atoms with E-state index in [1.54, 1.807) is 0 Å². The minimum Gasteiger partial charge on any atom is -0.329 e. The molecule has 3 atom stereocenters. The van der Waals surface area contributed by atoms with Crippen molar-refractivity contribution in [3.05, 3.63) is 29.8 Å². The molecule has 1 saturated heterocycles. The summed E-state index contributed by atoms with van der Waals surface area (Å²) in [7, 11) is 0. The summed E-state index contributed by atoms with van der Waals surface area (Å²) < 4.78 is 0. The topological polar surface area (TPSA) is 58.4 Å². The summed E-state index contributed by atoms with van der Waals surface area (Å²) >= 11 is 0. The molecule has 21 heavy (non-hydrogen) atoms. The molecule has 0 aliphatic carbocycles. The van der Waals surface area contributed by atoms with E-state index in [1.165, 1.54) is 12.0 Å². The number of rotatable bonds is 4. The summed E-state index contributed by atoms with van der Waals surface area (Å²) in [6.07, 6.45) is 1.19. The molecule has 1 amide bonds. The van der Waals surface area contributed by atoms with E-state index in [0.717, 1.165) is 12.2 Å². The van der Waals surface area contributed by atoms with Crippen LogP contribution < -0.4 is 11.1 Å². The first-order valence-electron chi connectivity index (χ1n) is 7.80. The van der Waals surface area contributed by atoms with Crippen LogP contribution in [0.1, 0.15) is 25.8 Å². The van der Waals surface area contributed by atoms with Crippen molar-refractivity contribution in [3.8, 4) is 0 Å². The second-order valence-electron chi connectivity index (χ2n) is 6.46. The molecular formula is C17H27N3O. The lowest BCUT2D eigenvalue weighted by Crippen LogP contribution is -2.53. The molecule has 116 valence electrons. The third kappa shape index (κ3) is 4.29. The third-order valence-corrected chi connectivity index (χ3v) is 4.37. The van der Waals surface area contributed by atoms with Crippen molar-refractivity contribution in [1.82, 2.24) is 4.90 Å². The number of nitrogens with one attached hydrogen (secondary N) is 1. The van der Waals surface area contributed by atoms with Crippen LogP contribution in [0.4, 0.5) is 5.69 Å². The molecular weight excluding hydrogens is 262 g/mol. The maximum atomic E-state index is 12.2. The molecule has 0 radical (unpaired) electrons. The highest BCUT2D eigenvalue weighted by molar-refractivity contribution is 5.92. The second-order valence-corrected chi connectivity index (χ2v) is 6.46. The van der Waals surface area contributed by atoms with Crippen LogP contribution in [0, 0.1) is 18.8 Å². The summed E-state index contributed by atoms with van der Waals surface area (Å²) in [5.74, 6) is 1.21. The number of likely N-dealkylation sites (tertiary alicyclic amines) is 1. The molecule has 1 fully saturated rings. The van der Waals surface area contributed by atoms with E-state index >= 15 is 0 Å². The Bertz CT molecular complexity index is 471. The van der Waals surface area contributed by atoms with Gasteiger partial charge in [0.15, 0.2) is 0 Å². The highest BCUT2D eigenvalue weighted by Crippen LogP contribution is 2.26. The average molecular weight is 289 g/mol. The van der Waals surface area contributed by atoms with Gasteiger partial charge in [-0.2, -0.15) is 0 Å². The van der Waals surface area contributed by atoms with Crippen LogP contribution in [0.15, 0.2) is 24.3 Å². The summed E-state index contributed by atoms with van der Waals surface area (Å²) in [5.41, 5.74) is 7.95. The molecule has 0 saturated carbocycles. The zero-order valence-electron chi connectivity index (χ0n) is 13.3. The van der Waals surface area contributed by atoms with Crippen LogP contribution >= 0.6 is 0 Å². The van der Waals surface area contributed by atoms with Crippen molar-refractivity contribution in [3.63, 3.8) is 0 Å². The lowest BCUT2D eigenvalue weighted by Gasteiger charge is -2.42. The first kappa shape index (κ1) is 16.0. The van der Waals surface area contributed by atoms with Gasteiger partial charge in [0.1, 0.15) is 0 Å². The number of nitrogens with zero attached hydrogens (tertiary/aromatic N) is 1. The van der Waals surface area contributed by atoms with Gasteiger partial charge in [-0.3, -0.25) is 9.69 Å². The van der Waals surface area contributed by atoms with Crippen molar-refractivity contribution in [2.75, 3.05) is 25.0 Å². The van der Waals surface area contributed by atoms with Crippen LogP contribution in [0.5, 0.6) is 0 Å². The minimum absolute atomic E-state index is 0.0404. The maximum absolute atomic E-state index is 12.2. The van der Waals surface area contributed by atoms with Crippen LogP contribution in [0.2, 0.25) is 0 Å². The molecule has 1 aromatic carbocycles. The Labute approximate surface area is 127 Å². The Balaban J connectivity index is 1.95. The van der Waals surface area contributed by atoms with Crippen molar-refractivity contribution >= 4 is 11.6 Å². The number of anilines is 1. The molecule has 0 bridgehead atoms. The first-order valence-corrected chi connectivity index (χ1v) is 7.80. The number of amides is 1. The molecule has 3 unspecified atom stereocenters. The van der Waals surface area contributed by atoms with Gasteiger partial charge < -0.3 is 11.1 Å². The predicted octanol–water partition coefficient (Wildman–Crippen LogP) is 2.24. The van der Waals surface area contributed by atoms with E-state index in [4.69, 9.17) is 5.73 Å². The van der Waals surface area contributed by atoms with Gasteiger partial charge in [-0.25, -0.2) is 0 Å². The van der Waals surface area contributed by atoms with Crippen LogP contribution in [0.25, 0.3) is 0 Å². The van der Waals surface area contributed by atoms with Gasteiger partial charge in [0.05, 0.1) is 6.54 Å². The molecule has 1 aromatic rings. The predicted molar refractivity (Wildman–Crippen MR) is 87.2 cm³/mol. The molecule has 1 aliphatic heterocycles. The normalized spacial score (nSPS) is 26.6. The smallest absolute Gasteiger partial charge is 0.238 e. The molecule has 4 heteroatoms. The summed E-state index contributed by atoms with van der Waals surface area (Å²) in [6, 6.07) is 8.20. The number of carbonyl (C=O) groups excluding carboxylic acids is 1. The molecule has 0 aromatic heterocycles. The number of benzene rings is 1. The Morgan fingerprint density at radius 1 is 1.33 bits per heavy atom. The van der Waals surface area contributed by atoms with Crippen molar-refractivity contribution in [2.45, 2.75) is 33.2 Å². The third-order valence-electron chi connectivity index (χ3n) is 4.37. The molecule has 4 nitrogen and oxygen atoms in total. The Kier molecular flexibility index (Phi) is 5.37. The molecule has 0 spiro atoms. The molecule has 3 N–H and O–H groups in total. The monoisotopic (exact) mass is 289 g/mol. The SMILES string of the molecule is Cc1ccc(NC(=O)CN2CC(C)CC(C)C2CN)cc1. The fraction of sp³-hybridized carbons (Fsp3) is 0.588. The zero-order valence-corrected chi connectivity index (χ0v) is 13.3. The summed E-state index contributed by atoms with van der Waals surface area (Å²) in [6.45, 7) is 8.50.